The van der Waals surface area contributed by atoms with E-state index < -0.39 is 0 Å². The molecule has 0 radical (unpaired) electrons. The minimum atomic E-state index is -0.292. The second-order valence-corrected chi connectivity index (χ2v) is 4.42. The molecule has 0 aliphatic heterocycles. The van der Waals surface area contributed by atoms with Gasteiger partial charge in [0, 0.05) is 24.1 Å². The Labute approximate surface area is 107 Å². The second-order valence-electron chi connectivity index (χ2n) is 3.50. The summed E-state index contributed by atoms with van der Waals surface area (Å²) in [7, 11) is 3.24. The van der Waals surface area contributed by atoms with E-state index in [0.29, 0.717) is 11.3 Å². The highest BCUT2D eigenvalue weighted by Gasteiger charge is 2.11. The van der Waals surface area contributed by atoms with Crippen LogP contribution in [-0.2, 0) is 0 Å². The lowest BCUT2D eigenvalue weighted by atomic mass is 10.1. The summed E-state index contributed by atoms with van der Waals surface area (Å²) in [5.74, 6) is -0.0691. The van der Waals surface area contributed by atoms with Crippen molar-refractivity contribution in [3.8, 4) is 0 Å². The van der Waals surface area contributed by atoms with Gasteiger partial charge in [-0.2, -0.15) is 0 Å². The summed E-state index contributed by atoms with van der Waals surface area (Å²) in [6, 6.07) is 4.78. The van der Waals surface area contributed by atoms with Gasteiger partial charge in [-0.15, -0.1) is 0 Å². The van der Waals surface area contributed by atoms with Gasteiger partial charge in [-0.3, -0.25) is 0 Å². The molecule has 1 aromatic carbocycles. The number of halogens is 1. The molecule has 7 heteroatoms. The Bertz CT molecular complexity index is 460. The van der Waals surface area contributed by atoms with Crippen LogP contribution < -0.4 is 11.1 Å². The van der Waals surface area contributed by atoms with E-state index in [1.54, 1.807) is 32.3 Å². The van der Waals surface area contributed by atoms with Crippen LogP contribution in [0.3, 0.4) is 0 Å². The first kappa shape index (κ1) is 13.3. The standard InChI is InChI=1S/C10H13BrN4O2/c1-15(2)10(16)13-8-4-3-6(11)5-7(8)9(12)14-17/h3-5,17H,1-2H3,(H2,12,14)(H,13,16). The molecule has 0 bridgehead atoms. The van der Waals surface area contributed by atoms with E-state index in [0.717, 1.165) is 4.47 Å². The lowest BCUT2D eigenvalue weighted by Gasteiger charge is -2.14. The molecule has 0 fully saturated rings. The van der Waals surface area contributed by atoms with E-state index in [1.165, 1.54) is 4.90 Å². The van der Waals surface area contributed by atoms with Crippen molar-refractivity contribution in [3.05, 3.63) is 28.2 Å². The Hall–Kier alpha value is -1.76. The maximum absolute atomic E-state index is 11.5. The number of nitrogens with two attached hydrogens (primary N) is 1. The first-order chi connectivity index (χ1) is 7.95. The summed E-state index contributed by atoms with van der Waals surface area (Å²) in [6.07, 6.45) is 0. The number of nitrogens with one attached hydrogen (secondary N) is 1. The number of rotatable bonds is 2. The fourth-order valence-electron chi connectivity index (χ4n) is 1.12. The highest BCUT2D eigenvalue weighted by molar-refractivity contribution is 9.10. The Kier molecular flexibility index (Phi) is 4.33. The van der Waals surface area contributed by atoms with Crippen molar-refractivity contribution >= 4 is 33.5 Å². The number of nitrogens with zero attached hydrogens (tertiary/aromatic N) is 2. The number of hydrogen-bond donors (Lipinski definition) is 3. The molecule has 17 heavy (non-hydrogen) atoms. The molecule has 1 rings (SSSR count). The van der Waals surface area contributed by atoms with E-state index >= 15 is 0 Å². The number of anilines is 1. The van der Waals surface area contributed by atoms with Crippen LogP contribution in [-0.4, -0.2) is 36.1 Å². The van der Waals surface area contributed by atoms with Crippen LogP contribution in [0, 0.1) is 0 Å². The number of carbonyl (C=O) groups is 1. The van der Waals surface area contributed by atoms with E-state index in [1.807, 2.05) is 0 Å². The fourth-order valence-corrected chi connectivity index (χ4v) is 1.48. The molecule has 1 aromatic rings. The number of amidine groups is 1. The predicted molar refractivity (Wildman–Crippen MR) is 69.4 cm³/mol. The molecule has 4 N–H and O–H groups in total. The molecule has 0 saturated heterocycles. The summed E-state index contributed by atoms with van der Waals surface area (Å²) >= 11 is 3.27. The summed E-state index contributed by atoms with van der Waals surface area (Å²) in [4.78, 5) is 12.9. The number of urea groups is 1. The maximum atomic E-state index is 11.5. The predicted octanol–water partition coefficient (Wildman–Crippen LogP) is 1.64. The van der Waals surface area contributed by atoms with Gasteiger partial charge >= 0.3 is 6.03 Å². The maximum Gasteiger partial charge on any atom is 0.321 e. The second kappa shape index (κ2) is 5.53. The summed E-state index contributed by atoms with van der Waals surface area (Å²) < 4.78 is 0.766. The van der Waals surface area contributed by atoms with Gasteiger partial charge in [0.25, 0.3) is 0 Å². The van der Waals surface area contributed by atoms with E-state index in [-0.39, 0.29) is 11.9 Å². The monoisotopic (exact) mass is 300 g/mol. The minimum Gasteiger partial charge on any atom is -0.409 e. The molecule has 0 unspecified atom stereocenters. The SMILES string of the molecule is CN(C)C(=O)Nc1ccc(Br)cc1/C(N)=N/O. The molecular formula is C10H13BrN4O2. The third-order valence-corrected chi connectivity index (χ3v) is 2.51. The zero-order chi connectivity index (χ0) is 13.0. The van der Waals surface area contributed by atoms with E-state index in [4.69, 9.17) is 10.9 Å². The van der Waals surface area contributed by atoms with Gasteiger partial charge < -0.3 is 21.2 Å². The first-order valence-corrected chi connectivity index (χ1v) is 5.50. The average Bonchev–Trinajstić information content (AvgIpc) is 2.30. The summed E-state index contributed by atoms with van der Waals surface area (Å²) in [5.41, 5.74) is 6.45. The molecule has 0 aliphatic carbocycles. The normalized spacial score (nSPS) is 11.1. The largest absolute Gasteiger partial charge is 0.409 e. The van der Waals surface area contributed by atoms with Crippen molar-refractivity contribution in [1.29, 1.82) is 0 Å². The average molecular weight is 301 g/mol. The highest BCUT2D eigenvalue weighted by Crippen LogP contribution is 2.21. The third kappa shape index (κ3) is 3.35. The Balaban J connectivity index is 3.11. The highest BCUT2D eigenvalue weighted by atomic mass is 79.9. The van der Waals surface area contributed by atoms with Crippen LogP contribution in [0.1, 0.15) is 5.56 Å². The molecule has 0 saturated carbocycles. The minimum absolute atomic E-state index is 0.0691. The molecule has 0 heterocycles. The number of hydrogen-bond acceptors (Lipinski definition) is 3. The Morgan fingerprint density at radius 3 is 2.71 bits per heavy atom. The zero-order valence-corrected chi connectivity index (χ0v) is 11.0. The quantitative estimate of drug-likeness (QED) is 0.335. The van der Waals surface area contributed by atoms with Crippen molar-refractivity contribution in [3.63, 3.8) is 0 Å². The van der Waals surface area contributed by atoms with Crippen molar-refractivity contribution in [2.75, 3.05) is 19.4 Å². The summed E-state index contributed by atoms with van der Waals surface area (Å²) in [6.45, 7) is 0. The van der Waals surface area contributed by atoms with Crippen LogP contribution in [0.25, 0.3) is 0 Å². The van der Waals surface area contributed by atoms with Crippen LogP contribution in [0.15, 0.2) is 27.8 Å². The van der Waals surface area contributed by atoms with Crippen molar-refractivity contribution in [1.82, 2.24) is 4.90 Å². The van der Waals surface area contributed by atoms with Gasteiger partial charge in [-0.05, 0) is 18.2 Å². The zero-order valence-electron chi connectivity index (χ0n) is 9.44. The Morgan fingerprint density at radius 2 is 2.18 bits per heavy atom. The number of benzene rings is 1. The first-order valence-electron chi connectivity index (χ1n) is 4.71. The smallest absolute Gasteiger partial charge is 0.321 e. The third-order valence-electron chi connectivity index (χ3n) is 2.01. The van der Waals surface area contributed by atoms with Crippen LogP contribution >= 0.6 is 15.9 Å². The summed E-state index contributed by atoms with van der Waals surface area (Å²) in [5, 5.41) is 14.2. The van der Waals surface area contributed by atoms with Gasteiger partial charge in [-0.1, -0.05) is 21.1 Å². The lowest BCUT2D eigenvalue weighted by Crippen LogP contribution is -2.28. The number of oxime groups is 1. The molecule has 0 atom stereocenters. The van der Waals surface area contributed by atoms with Gasteiger partial charge in [0.05, 0.1) is 5.69 Å². The molecule has 92 valence electrons. The molecule has 2 amide bonds. The van der Waals surface area contributed by atoms with E-state index in [9.17, 15) is 4.79 Å². The molecule has 6 nitrogen and oxygen atoms in total. The topological polar surface area (TPSA) is 91.0 Å². The van der Waals surface area contributed by atoms with Gasteiger partial charge in [0.1, 0.15) is 0 Å². The number of carbonyl (C=O) groups excluding carboxylic acids is 1. The van der Waals surface area contributed by atoms with Crippen molar-refractivity contribution in [2.24, 2.45) is 10.9 Å². The van der Waals surface area contributed by atoms with Crippen molar-refractivity contribution < 1.29 is 10.0 Å². The molecular weight excluding hydrogens is 288 g/mol. The van der Waals surface area contributed by atoms with E-state index in [2.05, 4.69) is 26.4 Å². The molecule has 0 spiro atoms. The molecule has 0 aromatic heterocycles. The fraction of sp³-hybridized carbons (Fsp3) is 0.200. The van der Waals surface area contributed by atoms with Crippen LogP contribution in [0.2, 0.25) is 0 Å². The lowest BCUT2D eigenvalue weighted by molar-refractivity contribution is 0.230. The van der Waals surface area contributed by atoms with Gasteiger partial charge in [0.2, 0.25) is 0 Å². The molecule has 0 aliphatic rings. The van der Waals surface area contributed by atoms with Crippen LogP contribution in [0.5, 0.6) is 0 Å². The van der Waals surface area contributed by atoms with Gasteiger partial charge in [-0.25, -0.2) is 4.79 Å². The number of amides is 2. The van der Waals surface area contributed by atoms with Crippen molar-refractivity contribution in [2.45, 2.75) is 0 Å². The van der Waals surface area contributed by atoms with Crippen LogP contribution in [0.4, 0.5) is 10.5 Å². The van der Waals surface area contributed by atoms with Gasteiger partial charge in [0.15, 0.2) is 5.84 Å². The Morgan fingerprint density at radius 1 is 1.53 bits per heavy atom.